The van der Waals surface area contributed by atoms with Gasteiger partial charge in [0.1, 0.15) is 5.82 Å². The molecule has 1 N–H and O–H groups in total. The number of hydrogen-bond acceptors (Lipinski definition) is 2. The fourth-order valence-corrected chi connectivity index (χ4v) is 3.67. The summed E-state index contributed by atoms with van der Waals surface area (Å²) >= 11 is 0. The van der Waals surface area contributed by atoms with E-state index in [1.54, 1.807) is 0 Å². The SMILES string of the molecule is O=C(Cc1ccc2nc(-c3ccccc3)[nH]c2c1)c1ccc(-c2ccccc2)cc1. The van der Waals surface area contributed by atoms with Crippen LogP contribution in [-0.2, 0) is 6.42 Å². The fraction of sp³-hybridized carbons (Fsp3) is 0.0370. The number of hydrogen-bond donors (Lipinski definition) is 1. The molecular formula is C27H20N2O. The Hall–Kier alpha value is -3.98. The van der Waals surface area contributed by atoms with Crippen LogP contribution in [0.25, 0.3) is 33.5 Å². The first kappa shape index (κ1) is 18.1. The summed E-state index contributed by atoms with van der Waals surface area (Å²) in [5.74, 6) is 0.947. The maximum atomic E-state index is 12.8. The van der Waals surface area contributed by atoms with Crippen molar-refractivity contribution in [3.63, 3.8) is 0 Å². The van der Waals surface area contributed by atoms with Crippen LogP contribution in [0.4, 0.5) is 0 Å². The third-order valence-electron chi connectivity index (χ3n) is 5.27. The van der Waals surface area contributed by atoms with Gasteiger partial charge in [0.25, 0.3) is 0 Å². The molecule has 5 aromatic rings. The Labute approximate surface area is 175 Å². The summed E-state index contributed by atoms with van der Waals surface area (Å²) in [5, 5.41) is 0. The highest BCUT2D eigenvalue weighted by Gasteiger charge is 2.10. The van der Waals surface area contributed by atoms with Crippen LogP contribution in [0.3, 0.4) is 0 Å². The number of nitrogens with one attached hydrogen (secondary N) is 1. The van der Waals surface area contributed by atoms with E-state index in [0.717, 1.165) is 44.7 Å². The van der Waals surface area contributed by atoms with Gasteiger partial charge in [-0.25, -0.2) is 4.98 Å². The lowest BCUT2D eigenvalue weighted by molar-refractivity contribution is 0.0993. The van der Waals surface area contributed by atoms with Gasteiger partial charge in [-0.3, -0.25) is 4.79 Å². The molecular weight excluding hydrogens is 368 g/mol. The van der Waals surface area contributed by atoms with Crippen molar-refractivity contribution in [3.8, 4) is 22.5 Å². The zero-order valence-corrected chi connectivity index (χ0v) is 16.4. The lowest BCUT2D eigenvalue weighted by Crippen LogP contribution is -2.03. The molecule has 0 saturated carbocycles. The highest BCUT2D eigenvalue weighted by atomic mass is 16.1. The van der Waals surface area contributed by atoms with Crippen LogP contribution in [0.5, 0.6) is 0 Å². The lowest BCUT2D eigenvalue weighted by Gasteiger charge is -2.05. The van der Waals surface area contributed by atoms with E-state index in [1.807, 2.05) is 91.0 Å². The maximum absolute atomic E-state index is 12.8. The van der Waals surface area contributed by atoms with Gasteiger partial charge in [0.2, 0.25) is 0 Å². The number of aromatic amines is 1. The third-order valence-corrected chi connectivity index (χ3v) is 5.27. The van der Waals surface area contributed by atoms with Gasteiger partial charge in [-0.1, -0.05) is 91.0 Å². The van der Waals surface area contributed by atoms with Crippen molar-refractivity contribution in [1.29, 1.82) is 0 Å². The van der Waals surface area contributed by atoms with Gasteiger partial charge in [-0.05, 0) is 28.8 Å². The molecule has 30 heavy (non-hydrogen) atoms. The van der Waals surface area contributed by atoms with Crippen molar-refractivity contribution < 1.29 is 4.79 Å². The molecule has 0 aliphatic heterocycles. The van der Waals surface area contributed by atoms with Gasteiger partial charge in [0.05, 0.1) is 11.0 Å². The molecule has 3 nitrogen and oxygen atoms in total. The number of aromatic nitrogens is 2. The van der Waals surface area contributed by atoms with Crippen LogP contribution in [-0.4, -0.2) is 15.8 Å². The maximum Gasteiger partial charge on any atom is 0.167 e. The zero-order chi connectivity index (χ0) is 20.3. The molecule has 0 bridgehead atoms. The Morgan fingerprint density at radius 2 is 1.33 bits per heavy atom. The van der Waals surface area contributed by atoms with E-state index in [1.165, 1.54) is 0 Å². The summed E-state index contributed by atoms with van der Waals surface area (Å²) in [6.45, 7) is 0. The summed E-state index contributed by atoms with van der Waals surface area (Å²) in [7, 11) is 0. The number of H-pyrrole nitrogens is 1. The second-order valence-corrected chi connectivity index (χ2v) is 7.35. The number of Topliss-reactive ketones (excluding diaryl/α,β-unsaturated/α-hetero) is 1. The minimum absolute atomic E-state index is 0.108. The second-order valence-electron chi connectivity index (χ2n) is 7.35. The normalized spacial score (nSPS) is 10.9. The molecule has 5 rings (SSSR count). The second kappa shape index (κ2) is 7.80. The summed E-state index contributed by atoms with van der Waals surface area (Å²) in [5.41, 5.74) is 6.85. The number of carbonyl (C=O) groups is 1. The van der Waals surface area contributed by atoms with E-state index in [9.17, 15) is 4.79 Å². The molecule has 0 saturated heterocycles. The van der Waals surface area contributed by atoms with Gasteiger partial charge in [-0.15, -0.1) is 0 Å². The summed E-state index contributed by atoms with van der Waals surface area (Å²) < 4.78 is 0. The predicted molar refractivity (Wildman–Crippen MR) is 121 cm³/mol. The molecule has 0 aliphatic carbocycles. The van der Waals surface area contributed by atoms with Crippen molar-refractivity contribution in [2.75, 3.05) is 0 Å². The summed E-state index contributed by atoms with van der Waals surface area (Å²) in [4.78, 5) is 20.8. The average Bonchev–Trinajstić information content (AvgIpc) is 3.24. The Morgan fingerprint density at radius 3 is 2.03 bits per heavy atom. The van der Waals surface area contributed by atoms with E-state index in [0.29, 0.717) is 6.42 Å². The number of carbonyl (C=O) groups excluding carboxylic acids is 1. The highest BCUT2D eigenvalue weighted by molar-refractivity contribution is 5.98. The Morgan fingerprint density at radius 1 is 0.700 bits per heavy atom. The molecule has 3 heteroatoms. The first-order valence-corrected chi connectivity index (χ1v) is 9.99. The molecule has 1 aromatic heterocycles. The van der Waals surface area contributed by atoms with Gasteiger partial charge in [-0.2, -0.15) is 0 Å². The van der Waals surface area contributed by atoms with Crippen LogP contribution < -0.4 is 0 Å². The van der Waals surface area contributed by atoms with E-state index in [4.69, 9.17) is 0 Å². The Kier molecular flexibility index (Phi) is 4.70. The van der Waals surface area contributed by atoms with Crippen molar-refractivity contribution >= 4 is 16.8 Å². The number of imidazole rings is 1. The average molecular weight is 388 g/mol. The molecule has 0 fully saturated rings. The first-order valence-electron chi connectivity index (χ1n) is 9.99. The molecule has 0 radical (unpaired) electrons. The lowest BCUT2D eigenvalue weighted by atomic mass is 9.99. The first-order chi connectivity index (χ1) is 14.8. The van der Waals surface area contributed by atoms with E-state index < -0.39 is 0 Å². The van der Waals surface area contributed by atoms with Gasteiger partial charge in [0, 0.05) is 17.5 Å². The van der Waals surface area contributed by atoms with Gasteiger partial charge in [0.15, 0.2) is 5.78 Å². The van der Waals surface area contributed by atoms with E-state index in [2.05, 4.69) is 22.1 Å². The minimum atomic E-state index is 0.108. The molecule has 144 valence electrons. The van der Waals surface area contributed by atoms with Crippen LogP contribution in [0.1, 0.15) is 15.9 Å². The molecule has 1 heterocycles. The Bertz CT molecular complexity index is 1300. The zero-order valence-electron chi connectivity index (χ0n) is 16.4. The van der Waals surface area contributed by atoms with Crippen molar-refractivity contribution in [3.05, 3.63) is 114 Å². The van der Waals surface area contributed by atoms with E-state index >= 15 is 0 Å². The largest absolute Gasteiger partial charge is 0.338 e. The fourth-order valence-electron chi connectivity index (χ4n) is 3.67. The number of nitrogens with zero attached hydrogens (tertiary/aromatic N) is 1. The summed E-state index contributed by atoms with van der Waals surface area (Å²) in [6, 6.07) is 34.0. The standard InChI is InChI=1S/C27H20N2O/c30-26(22-14-12-21(13-15-22)20-7-3-1-4-8-20)18-19-11-16-24-25(17-19)29-27(28-24)23-9-5-2-6-10-23/h1-17H,18H2,(H,28,29). The van der Waals surface area contributed by atoms with Crippen LogP contribution in [0, 0.1) is 0 Å². The number of benzene rings is 4. The topological polar surface area (TPSA) is 45.8 Å². The molecule has 0 amide bonds. The molecule has 0 atom stereocenters. The molecule has 0 aliphatic rings. The summed E-state index contributed by atoms with van der Waals surface area (Å²) in [6.07, 6.45) is 0.361. The number of ketones is 1. The van der Waals surface area contributed by atoms with Crippen LogP contribution in [0.2, 0.25) is 0 Å². The van der Waals surface area contributed by atoms with Crippen LogP contribution in [0.15, 0.2) is 103 Å². The van der Waals surface area contributed by atoms with Gasteiger partial charge >= 0.3 is 0 Å². The molecule has 0 unspecified atom stereocenters. The van der Waals surface area contributed by atoms with Crippen LogP contribution >= 0.6 is 0 Å². The predicted octanol–water partition coefficient (Wildman–Crippen LogP) is 6.32. The molecule has 0 spiro atoms. The highest BCUT2D eigenvalue weighted by Crippen LogP contribution is 2.23. The van der Waals surface area contributed by atoms with Crippen molar-refractivity contribution in [2.45, 2.75) is 6.42 Å². The quantitative estimate of drug-likeness (QED) is 0.358. The van der Waals surface area contributed by atoms with Crippen molar-refractivity contribution in [1.82, 2.24) is 9.97 Å². The van der Waals surface area contributed by atoms with Gasteiger partial charge < -0.3 is 4.98 Å². The van der Waals surface area contributed by atoms with E-state index in [-0.39, 0.29) is 5.78 Å². The third kappa shape index (κ3) is 3.65. The molecule has 4 aromatic carbocycles. The van der Waals surface area contributed by atoms with Crippen molar-refractivity contribution in [2.24, 2.45) is 0 Å². The number of fused-ring (bicyclic) bond motifs is 1. The smallest absolute Gasteiger partial charge is 0.167 e. The minimum Gasteiger partial charge on any atom is -0.338 e. The monoisotopic (exact) mass is 388 g/mol. The number of rotatable bonds is 5. The Balaban J connectivity index is 1.35.